The molecule has 1 heterocycles. The number of methoxy groups -OCH3 is 2. The molecule has 1 unspecified atom stereocenters. The van der Waals surface area contributed by atoms with Gasteiger partial charge in [-0.15, -0.1) is 0 Å². The fourth-order valence-corrected chi connectivity index (χ4v) is 2.41. The minimum absolute atomic E-state index is 0.362. The number of hydrogen-bond acceptors (Lipinski definition) is 4. The van der Waals surface area contributed by atoms with E-state index in [2.05, 4.69) is 11.4 Å². The van der Waals surface area contributed by atoms with Crippen molar-refractivity contribution in [1.82, 2.24) is 5.32 Å². The third kappa shape index (κ3) is 2.76. The van der Waals surface area contributed by atoms with Crippen molar-refractivity contribution in [2.24, 2.45) is 0 Å². The maximum Gasteiger partial charge on any atom is 0.128 e. The van der Waals surface area contributed by atoms with Crippen LogP contribution in [-0.2, 0) is 11.2 Å². The Labute approximate surface area is 108 Å². The summed E-state index contributed by atoms with van der Waals surface area (Å²) in [4.78, 5) is 0. The highest BCUT2D eigenvalue weighted by atomic mass is 16.5. The molecule has 1 fully saturated rings. The zero-order valence-corrected chi connectivity index (χ0v) is 11.3. The Bertz CT molecular complexity index is 400. The van der Waals surface area contributed by atoms with Gasteiger partial charge in [0.05, 0.1) is 27.4 Å². The van der Waals surface area contributed by atoms with Crippen molar-refractivity contribution < 1.29 is 14.2 Å². The average molecular weight is 251 g/mol. The molecule has 0 spiro atoms. The standard InChI is InChI=1S/C14H21NO3/c1-10-13(16-2)5-4-11(14(10)17-3)8-12-9-18-7-6-15-12/h4-5,12,15H,6-9H2,1-3H3. The van der Waals surface area contributed by atoms with E-state index < -0.39 is 0 Å². The van der Waals surface area contributed by atoms with E-state index in [1.165, 1.54) is 5.56 Å². The van der Waals surface area contributed by atoms with Crippen LogP contribution in [0, 0.1) is 6.92 Å². The van der Waals surface area contributed by atoms with Crippen LogP contribution in [0.25, 0.3) is 0 Å². The Kier molecular flexibility index (Phi) is 4.44. The molecule has 0 aromatic heterocycles. The molecule has 4 nitrogen and oxygen atoms in total. The van der Waals surface area contributed by atoms with Crippen LogP contribution in [0.3, 0.4) is 0 Å². The lowest BCUT2D eigenvalue weighted by molar-refractivity contribution is 0.0768. The van der Waals surface area contributed by atoms with Crippen LogP contribution >= 0.6 is 0 Å². The minimum atomic E-state index is 0.362. The van der Waals surface area contributed by atoms with Crippen LogP contribution in [0.1, 0.15) is 11.1 Å². The summed E-state index contributed by atoms with van der Waals surface area (Å²) in [6, 6.07) is 4.43. The van der Waals surface area contributed by atoms with E-state index in [9.17, 15) is 0 Å². The van der Waals surface area contributed by atoms with Crippen molar-refractivity contribution in [3.8, 4) is 11.5 Å². The summed E-state index contributed by atoms with van der Waals surface area (Å²) in [7, 11) is 3.38. The second kappa shape index (κ2) is 6.07. The summed E-state index contributed by atoms with van der Waals surface area (Å²) in [6.45, 7) is 4.50. The summed E-state index contributed by atoms with van der Waals surface area (Å²) in [5.74, 6) is 1.78. The number of hydrogen-bond donors (Lipinski definition) is 1. The zero-order valence-electron chi connectivity index (χ0n) is 11.3. The molecular weight excluding hydrogens is 230 g/mol. The first kappa shape index (κ1) is 13.2. The summed E-state index contributed by atoms with van der Waals surface area (Å²) in [5, 5.41) is 3.46. The van der Waals surface area contributed by atoms with Crippen LogP contribution in [0.4, 0.5) is 0 Å². The van der Waals surface area contributed by atoms with Gasteiger partial charge in [0.25, 0.3) is 0 Å². The molecule has 0 radical (unpaired) electrons. The molecular formula is C14H21NO3. The number of morpholine rings is 1. The molecule has 18 heavy (non-hydrogen) atoms. The van der Waals surface area contributed by atoms with Gasteiger partial charge in [-0.25, -0.2) is 0 Å². The predicted octanol–water partition coefficient (Wildman–Crippen LogP) is 1.54. The van der Waals surface area contributed by atoms with Crippen molar-refractivity contribution in [2.75, 3.05) is 34.0 Å². The van der Waals surface area contributed by atoms with Gasteiger partial charge in [-0.2, -0.15) is 0 Å². The lowest BCUT2D eigenvalue weighted by Crippen LogP contribution is -2.42. The highest BCUT2D eigenvalue weighted by molar-refractivity contribution is 5.49. The molecule has 1 atom stereocenters. The topological polar surface area (TPSA) is 39.7 Å². The van der Waals surface area contributed by atoms with Crippen LogP contribution in [0.2, 0.25) is 0 Å². The van der Waals surface area contributed by atoms with Gasteiger partial charge in [0.2, 0.25) is 0 Å². The Balaban J connectivity index is 2.18. The van der Waals surface area contributed by atoms with E-state index in [0.29, 0.717) is 6.04 Å². The molecule has 0 bridgehead atoms. The number of benzene rings is 1. The van der Waals surface area contributed by atoms with E-state index in [1.54, 1.807) is 14.2 Å². The number of ether oxygens (including phenoxy) is 3. The van der Waals surface area contributed by atoms with Crippen LogP contribution in [-0.4, -0.2) is 40.0 Å². The van der Waals surface area contributed by atoms with Gasteiger partial charge in [-0.3, -0.25) is 0 Å². The second-order valence-corrected chi connectivity index (χ2v) is 4.52. The quantitative estimate of drug-likeness (QED) is 0.881. The van der Waals surface area contributed by atoms with Gasteiger partial charge in [0.15, 0.2) is 0 Å². The first-order valence-corrected chi connectivity index (χ1v) is 6.28. The number of nitrogens with one attached hydrogen (secondary N) is 1. The Morgan fingerprint density at radius 1 is 1.33 bits per heavy atom. The third-order valence-corrected chi connectivity index (χ3v) is 3.33. The first-order chi connectivity index (χ1) is 8.76. The Hall–Kier alpha value is -1.26. The Morgan fingerprint density at radius 2 is 2.17 bits per heavy atom. The summed E-state index contributed by atoms with van der Waals surface area (Å²) in [6.07, 6.45) is 0.911. The predicted molar refractivity (Wildman–Crippen MR) is 70.6 cm³/mol. The van der Waals surface area contributed by atoms with Gasteiger partial charge in [-0.05, 0) is 25.0 Å². The number of rotatable bonds is 4. The molecule has 0 saturated carbocycles. The molecule has 100 valence electrons. The first-order valence-electron chi connectivity index (χ1n) is 6.28. The van der Waals surface area contributed by atoms with Crippen molar-refractivity contribution >= 4 is 0 Å². The minimum Gasteiger partial charge on any atom is -0.496 e. The van der Waals surface area contributed by atoms with E-state index in [0.717, 1.165) is 43.2 Å². The lowest BCUT2D eigenvalue weighted by Gasteiger charge is -2.25. The van der Waals surface area contributed by atoms with Crippen molar-refractivity contribution in [2.45, 2.75) is 19.4 Å². The van der Waals surface area contributed by atoms with Gasteiger partial charge >= 0.3 is 0 Å². The summed E-state index contributed by atoms with van der Waals surface area (Å²) < 4.78 is 16.3. The zero-order chi connectivity index (χ0) is 13.0. The maximum absolute atomic E-state index is 5.51. The second-order valence-electron chi connectivity index (χ2n) is 4.52. The van der Waals surface area contributed by atoms with Crippen molar-refractivity contribution in [3.05, 3.63) is 23.3 Å². The highest BCUT2D eigenvalue weighted by Crippen LogP contribution is 2.32. The Morgan fingerprint density at radius 3 is 2.78 bits per heavy atom. The lowest BCUT2D eigenvalue weighted by atomic mass is 10.0. The molecule has 1 N–H and O–H groups in total. The van der Waals surface area contributed by atoms with E-state index in [1.807, 2.05) is 13.0 Å². The molecule has 1 aliphatic rings. The average Bonchev–Trinajstić information content (AvgIpc) is 2.40. The van der Waals surface area contributed by atoms with E-state index >= 15 is 0 Å². The molecule has 1 saturated heterocycles. The molecule has 4 heteroatoms. The smallest absolute Gasteiger partial charge is 0.128 e. The third-order valence-electron chi connectivity index (χ3n) is 3.33. The molecule has 2 rings (SSSR count). The van der Waals surface area contributed by atoms with Crippen molar-refractivity contribution in [3.63, 3.8) is 0 Å². The maximum atomic E-state index is 5.51. The largest absolute Gasteiger partial charge is 0.496 e. The summed E-state index contributed by atoms with van der Waals surface area (Å²) >= 11 is 0. The van der Waals surface area contributed by atoms with Crippen LogP contribution < -0.4 is 14.8 Å². The summed E-state index contributed by atoms with van der Waals surface area (Å²) in [5.41, 5.74) is 2.24. The van der Waals surface area contributed by atoms with E-state index in [4.69, 9.17) is 14.2 Å². The fourth-order valence-electron chi connectivity index (χ4n) is 2.41. The van der Waals surface area contributed by atoms with Gasteiger partial charge in [0.1, 0.15) is 11.5 Å². The van der Waals surface area contributed by atoms with Gasteiger partial charge in [-0.1, -0.05) is 6.07 Å². The van der Waals surface area contributed by atoms with Crippen LogP contribution in [0.5, 0.6) is 11.5 Å². The monoisotopic (exact) mass is 251 g/mol. The SMILES string of the molecule is COc1ccc(CC2COCCN2)c(OC)c1C. The molecule has 1 aliphatic heterocycles. The molecule has 1 aromatic rings. The van der Waals surface area contributed by atoms with Gasteiger partial charge in [0, 0.05) is 18.2 Å². The fraction of sp³-hybridized carbons (Fsp3) is 0.571. The normalized spacial score (nSPS) is 19.6. The molecule has 0 amide bonds. The van der Waals surface area contributed by atoms with E-state index in [-0.39, 0.29) is 0 Å². The molecule has 1 aromatic carbocycles. The molecule has 0 aliphatic carbocycles. The van der Waals surface area contributed by atoms with Gasteiger partial charge < -0.3 is 19.5 Å². The highest BCUT2D eigenvalue weighted by Gasteiger charge is 2.18. The van der Waals surface area contributed by atoms with Crippen molar-refractivity contribution in [1.29, 1.82) is 0 Å². The van der Waals surface area contributed by atoms with Crippen LogP contribution in [0.15, 0.2) is 12.1 Å².